The van der Waals surface area contributed by atoms with E-state index in [4.69, 9.17) is 4.74 Å². The highest BCUT2D eigenvalue weighted by atomic mass is 32.2. The fraction of sp³-hybridized carbons (Fsp3) is 0.316. The summed E-state index contributed by atoms with van der Waals surface area (Å²) in [4.78, 5) is 17.9. The summed E-state index contributed by atoms with van der Waals surface area (Å²) in [6.07, 6.45) is 0. The normalized spacial score (nSPS) is 15.2. The lowest BCUT2D eigenvalue weighted by Crippen LogP contribution is -2.43. The second kappa shape index (κ2) is 9.04. The van der Waals surface area contributed by atoms with E-state index < -0.39 is 15.9 Å². The van der Waals surface area contributed by atoms with Crippen LogP contribution in [0.2, 0.25) is 0 Å². The van der Waals surface area contributed by atoms with E-state index in [2.05, 4.69) is 15.4 Å². The molecule has 1 N–H and O–H groups in total. The van der Waals surface area contributed by atoms with Crippen LogP contribution in [-0.2, 0) is 14.8 Å². The molecule has 1 amide bonds. The van der Waals surface area contributed by atoms with Crippen LogP contribution in [0.5, 0.6) is 0 Å². The van der Waals surface area contributed by atoms with Crippen LogP contribution in [0, 0.1) is 0 Å². The maximum atomic E-state index is 12.6. The van der Waals surface area contributed by atoms with Crippen molar-refractivity contribution in [2.75, 3.05) is 38.6 Å². The van der Waals surface area contributed by atoms with Gasteiger partial charge in [0.15, 0.2) is 5.82 Å². The van der Waals surface area contributed by atoms with Gasteiger partial charge in [0.25, 0.3) is 5.91 Å². The summed E-state index contributed by atoms with van der Waals surface area (Å²) < 4.78 is 33.0. The first kappa shape index (κ1) is 20.7. The highest BCUT2D eigenvalue weighted by molar-refractivity contribution is 7.89. The maximum absolute atomic E-state index is 12.6. The van der Waals surface area contributed by atoms with E-state index in [1.165, 1.54) is 15.6 Å². The largest absolute Gasteiger partial charge is 0.379 e. The van der Waals surface area contributed by atoms with Gasteiger partial charge >= 0.3 is 0 Å². The van der Waals surface area contributed by atoms with Crippen LogP contribution in [0.3, 0.4) is 0 Å². The SMILES string of the molecule is O=C(NCCS(=O)(=O)N1CCOCC1)c1nc(-c2cccs2)n(-c2ccccc2)n1. The van der Waals surface area contributed by atoms with Crippen LogP contribution < -0.4 is 5.32 Å². The first-order valence-corrected chi connectivity index (χ1v) is 11.9. The molecule has 1 aliphatic rings. The van der Waals surface area contributed by atoms with Gasteiger partial charge in [0, 0.05) is 19.6 Å². The van der Waals surface area contributed by atoms with Gasteiger partial charge in [-0.15, -0.1) is 16.4 Å². The van der Waals surface area contributed by atoms with Gasteiger partial charge in [0.05, 0.1) is 29.5 Å². The fourth-order valence-corrected chi connectivity index (χ4v) is 5.07. The van der Waals surface area contributed by atoms with Crippen molar-refractivity contribution in [3.63, 3.8) is 0 Å². The summed E-state index contributed by atoms with van der Waals surface area (Å²) in [5, 5.41) is 8.91. The third kappa shape index (κ3) is 4.59. The minimum atomic E-state index is -3.45. The molecule has 158 valence electrons. The summed E-state index contributed by atoms with van der Waals surface area (Å²) in [7, 11) is -3.45. The highest BCUT2D eigenvalue weighted by Crippen LogP contribution is 2.25. The summed E-state index contributed by atoms with van der Waals surface area (Å²) in [6, 6.07) is 13.2. The molecule has 9 nitrogen and oxygen atoms in total. The second-order valence-corrected chi connectivity index (χ2v) is 9.60. The van der Waals surface area contributed by atoms with Crippen LogP contribution in [0.4, 0.5) is 0 Å². The molecule has 0 bridgehead atoms. The molecular weight excluding hydrogens is 426 g/mol. The molecule has 1 saturated heterocycles. The number of rotatable bonds is 7. The fourth-order valence-electron chi connectivity index (χ4n) is 3.05. The molecule has 0 aliphatic carbocycles. The molecule has 0 spiro atoms. The minimum Gasteiger partial charge on any atom is -0.379 e. The lowest BCUT2D eigenvalue weighted by atomic mass is 10.3. The van der Waals surface area contributed by atoms with Crippen molar-refractivity contribution in [2.24, 2.45) is 0 Å². The van der Waals surface area contributed by atoms with Gasteiger partial charge in [-0.1, -0.05) is 24.3 Å². The number of hydrogen-bond acceptors (Lipinski definition) is 7. The number of ether oxygens (including phenoxy) is 1. The van der Waals surface area contributed by atoms with Gasteiger partial charge < -0.3 is 10.1 Å². The zero-order valence-electron chi connectivity index (χ0n) is 16.1. The first-order valence-electron chi connectivity index (χ1n) is 9.45. The van der Waals surface area contributed by atoms with E-state index >= 15 is 0 Å². The minimum absolute atomic E-state index is 0.00831. The third-order valence-electron chi connectivity index (χ3n) is 4.56. The molecule has 0 unspecified atom stereocenters. The summed E-state index contributed by atoms with van der Waals surface area (Å²) in [5.74, 6) is -0.149. The molecular formula is C19H21N5O4S2. The third-order valence-corrected chi connectivity index (χ3v) is 7.30. The molecule has 0 atom stereocenters. The molecule has 0 saturated carbocycles. The van der Waals surface area contributed by atoms with Crippen LogP contribution in [0.25, 0.3) is 16.4 Å². The standard InChI is InChI=1S/C19H21N5O4S2/c25-19(20-8-14-30(26,27)23-9-11-28-12-10-23)17-21-18(16-7-4-13-29-16)24(22-17)15-5-2-1-3-6-15/h1-7,13H,8-12,14H2,(H,20,25). The highest BCUT2D eigenvalue weighted by Gasteiger charge is 2.25. The zero-order valence-corrected chi connectivity index (χ0v) is 17.7. The van der Waals surface area contributed by atoms with E-state index in [0.717, 1.165) is 10.6 Å². The van der Waals surface area contributed by atoms with Crippen molar-refractivity contribution in [1.82, 2.24) is 24.4 Å². The Labute approximate surface area is 178 Å². The number of carbonyl (C=O) groups excluding carboxylic acids is 1. The molecule has 0 radical (unpaired) electrons. The number of nitrogens with zero attached hydrogens (tertiary/aromatic N) is 4. The number of thiophene rings is 1. The number of amides is 1. The van der Waals surface area contributed by atoms with E-state index in [1.807, 2.05) is 47.8 Å². The molecule has 4 rings (SSSR count). The summed E-state index contributed by atoms with van der Waals surface area (Å²) in [6.45, 7) is 1.43. The molecule has 11 heteroatoms. The molecule has 30 heavy (non-hydrogen) atoms. The average Bonchev–Trinajstić information content (AvgIpc) is 3.45. The molecule has 3 heterocycles. The van der Waals surface area contributed by atoms with Crippen molar-refractivity contribution in [3.05, 3.63) is 53.7 Å². The van der Waals surface area contributed by atoms with Crippen LogP contribution >= 0.6 is 11.3 Å². The first-order chi connectivity index (χ1) is 14.5. The number of para-hydroxylation sites is 1. The topological polar surface area (TPSA) is 106 Å². The number of benzene rings is 1. The Morgan fingerprint density at radius 1 is 1.13 bits per heavy atom. The lowest BCUT2D eigenvalue weighted by molar-refractivity contribution is 0.0730. The molecule has 3 aromatic rings. The van der Waals surface area contributed by atoms with E-state index in [0.29, 0.717) is 32.1 Å². The summed E-state index contributed by atoms with van der Waals surface area (Å²) in [5.41, 5.74) is 0.780. The number of carbonyl (C=O) groups is 1. The van der Waals surface area contributed by atoms with E-state index in [9.17, 15) is 13.2 Å². The predicted octanol–water partition coefficient (Wildman–Crippen LogP) is 1.39. The zero-order chi connectivity index (χ0) is 21.0. The Kier molecular flexibility index (Phi) is 6.23. The van der Waals surface area contributed by atoms with Crippen molar-refractivity contribution >= 4 is 27.3 Å². The Morgan fingerprint density at radius 3 is 2.60 bits per heavy atom. The van der Waals surface area contributed by atoms with Gasteiger partial charge in [0.1, 0.15) is 0 Å². The van der Waals surface area contributed by atoms with E-state index in [1.54, 1.807) is 4.68 Å². The van der Waals surface area contributed by atoms with Crippen LogP contribution in [0.15, 0.2) is 47.8 Å². The molecule has 1 aromatic carbocycles. The lowest BCUT2D eigenvalue weighted by Gasteiger charge is -2.25. The number of nitrogens with one attached hydrogen (secondary N) is 1. The Balaban J connectivity index is 1.48. The average molecular weight is 448 g/mol. The van der Waals surface area contributed by atoms with Gasteiger partial charge in [-0.05, 0) is 23.6 Å². The Morgan fingerprint density at radius 2 is 1.90 bits per heavy atom. The smallest absolute Gasteiger partial charge is 0.291 e. The maximum Gasteiger partial charge on any atom is 0.291 e. The quantitative estimate of drug-likeness (QED) is 0.587. The number of morpholine rings is 1. The number of hydrogen-bond donors (Lipinski definition) is 1. The Bertz CT molecular complexity index is 1090. The van der Waals surface area contributed by atoms with E-state index in [-0.39, 0.29) is 18.1 Å². The van der Waals surface area contributed by atoms with Crippen molar-refractivity contribution in [3.8, 4) is 16.4 Å². The number of aromatic nitrogens is 3. The Hall–Kier alpha value is -2.60. The predicted molar refractivity (Wildman–Crippen MR) is 113 cm³/mol. The van der Waals surface area contributed by atoms with Gasteiger partial charge in [-0.3, -0.25) is 4.79 Å². The van der Waals surface area contributed by atoms with Gasteiger partial charge in [0.2, 0.25) is 15.8 Å². The molecule has 1 fully saturated rings. The second-order valence-electron chi connectivity index (χ2n) is 6.57. The van der Waals surface area contributed by atoms with Crippen molar-refractivity contribution in [2.45, 2.75) is 0 Å². The van der Waals surface area contributed by atoms with Crippen molar-refractivity contribution in [1.29, 1.82) is 0 Å². The van der Waals surface area contributed by atoms with Crippen LogP contribution in [-0.4, -0.2) is 72.0 Å². The summed E-state index contributed by atoms with van der Waals surface area (Å²) >= 11 is 1.50. The van der Waals surface area contributed by atoms with Gasteiger partial charge in [-0.2, -0.15) is 4.31 Å². The molecule has 2 aromatic heterocycles. The van der Waals surface area contributed by atoms with Gasteiger partial charge in [-0.25, -0.2) is 18.1 Å². The molecule has 1 aliphatic heterocycles. The van der Waals surface area contributed by atoms with Crippen LogP contribution in [0.1, 0.15) is 10.6 Å². The monoisotopic (exact) mass is 447 g/mol. The van der Waals surface area contributed by atoms with Crippen molar-refractivity contribution < 1.29 is 17.9 Å². The number of sulfonamides is 1.